The van der Waals surface area contributed by atoms with Crippen molar-refractivity contribution in [2.24, 2.45) is 5.92 Å². The van der Waals surface area contributed by atoms with Crippen LogP contribution in [0.15, 0.2) is 69.6 Å². The van der Waals surface area contributed by atoms with Crippen LogP contribution in [-0.4, -0.2) is 0 Å². The van der Waals surface area contributed by atoms with E-state index in [1.54, 1.807) is 0 Å². The second-order valence-electron chi connectivity index (χ2n) is 5.34. The minimum atomic E-state index is -0.0710. The fraction of sp³-hybridized carbons (Fsp3) is 0.176. The largest absolute Gasteiger partial charge is 0.459 e. The van der Waals surface area contributed by atoms with Crippen LogP contribution in [0.5, 0.6) is 5.75 Å². The lowest BCUT2D eigenvalue weighted by molar-refractivity contribution is 0.340. The van der Waals surface area contributed by atoms with Gasteiger partial charge < -0.3 is 4.74 Å². The lowest BCUT2D eigenvalue weighted by atomic mass is 9.65. The molecule has 1 aromatic rings. The minimum absolute atomic E-state index is 0.0710. The van der Waals surface area contributed by atoms with Crippen molar-refractivity contribution in [1.29, 1.82) is 0 Å². The third-order valence-electron chi connectivity index (χ3n) is 4.33. The molecule has 2 unspecified atom stereocenters. The molecule has 0 amide bonds. The molecule has 0 saturated heterocycles. The summed E-state index contributed by atoms with van der Waals surface area (Å²) in [4.78, 5) is 0. The molecule has 2 heteroatoms. The van der Waals surface area contributed by atoms with E-state index < -0.39 is 0 Å². The Bertz CT molecular complexity index is 693. The molecule has 0 saturated carbocycles. The molecule has 4 rings (SSSR count). The lowest BCUT2D eigenvalue weighted by Crippen LogP contribution is -2.35. The molecule has 3 aliphatic rings. The molecule has 0 bridgehead atoms. The number of ether oxygens (including phenoxy) is 1. The standard InChI is InChI=1S/C17H13IO/c1-17-12-7-3-2-6-11(12)10-14(18)16(17)19-15-9-5-4-8-13(15)17/h2-10,12H,1H3. The molecule has 0 radical (unpaired) electrons. The van der Waals surface area contributed by atoms with Gasteiger partial charge >= 0.3 is 0 Å². The summed E-state index contributed by atoms with van der Waals surface area (Å²) in [5.41, 5.74) is 2.60. The topological polar surface area (TPSA) is 9.23 Å². The molecule has 2 aliphatic carbocycles. The van der Waals surface area contributed by atoms with Crippen LogP contribution < -0.4 is 4.74 Å². The van der Waals surface area contributed by atoms with Gasteiger partial charge in [-0.15, -0.1) is 0 Å². The Morgan fingerprint density at radius 1 is 1.21 bits per heavy atom. The zero-order valence-corrected chi connectivity index (χ0v) is 12.7. The maximum atomic E-state index is 6.14. The van der Waals surface area contributed by atoms with Crippen molar-refractivity contribution in [2.45, 2.75) is 12.3 Å². The Labute approximate surface area is 126 Å². The molecule has 0 aromatic heterocycles. The van der Waals surface area contributed by atoms with Crippen LogP contribution in [-0.2, 0) is 5.41 Å². The van der Waals surface area contributed by atoms with E-state index in [1.807, 2.05) is 6.07 Å². The molecule has 0 spiro atoms. The Hall–Kier alpha value is -1.29. The molecule has 19 heavy (non-hydrogen) atoms. The van der Waals surface area contributed by atoms with Gasteiger partial charge in [0.1, 0.15) is 11.5 Å². The summed E-state index contributed by atoms with van der Waals surface area (Å²) in [7, 11) is 0. The van der Waals surface area contributed by atoms with E-state index in [1.165, 1.54) is 14.7 Å². The Kier molecular flexibility index (Phi) is 2.34. The third-order valence-corrected chi connectivity index (χ3v) is 5.13. The van der Waals surface area contributed by atoms with Crippen LogP contribution in [0.1, 0.15) is 12.5 Å². The molecule has 1 heterocycles. The highest BCUT2D eigenvalue weighted by molar-refractivity contribution is 14.1. The predicted molar refractivity (Wildman–Crippen MR) is 85.3 cm³/mol. The average molecular weight is 360 g/mol. The lowest BCUT2D eigenvalue weighted by Gasteiger charge is -2.37. The van der Waals surface area contributed by atoms with Gasteiger partial charge in [0.15, 0.2) is 0 Å². The molecular formula is C17H13IO. The van der Waals surface area contributed by atoms with E-state index in [2.05, 4.69) is 78.1 Å². The summed E-state index contributed by atoms with van der Waals surface area (Å²) >= 11 is 2.39. The fourth-order valence-corrected chi connectivity index (χ4v) is 4.39. The minimum Gasteiger partial charge on any atom is -0.459 e. The van der Waals surface area contributed by atoms with Crippen molar-refractivity contribution in [1.82, 2.24) is 0 Å². The Balaban J connectivity index is 2.01. The number of para-hydroxylation sites is 1. The smallest absolute Gasteiger partial charge is 0.131 e. The van der Waals surface area contributed by atoms with Crippen molar-refractivity contribution >= 4 is 22.6 Å². The fourth-order valence-electron chi connectivity index (χ4n) is 3.36. The molecule has 0 fully saturated rings. The quantitative estimate of drug-likeness (QED) is 0.612. The molecular weight excluding hydrogens is 347 g/mol. The highest BCUT2D eigenvalue weighted by Crippen LogP contribution is 2.56. The van der Waals surface area contributed by atoms with E-state index in [0.29, 0.717) is 5.92 Å². The zero-order valence-electron chi connectivity index (χ0n) is 10.6. The van der Waals surface area contributed by atoms with Crippen LogP contribution in [0.4, 0.5) is 0 Å². The highest BCUT2D eigenvalue weighted by Gasteiger charge is 2.50. The molecule has 1 aliphatic heterocycles. The summed E-state index contributed by atoms with van der Waals surface area (Å²) in [5.74, 6) is 2.48. The number of fused-ring (bicyclic) bond motifs is 5. The van der Waals surface area contributed by atoms with Crippen LogP contribution in [0.2, 0.25) is 0 Å². The average Bonchev–Trinajstić information content (AvgIpc) is 2.75. The van der Waals surface area contributed by atoms with Gasteiger partial charge in [-0.1, -0.05) is 42.5 Å². The van der Waals surface area contributed by atoms with Crippen LogP contribution in [0.25, 0.3) is 0 Å². The monoisotopic (exact) mass is 360 g/mol. The van der Waals surface area contributed by atoms with Gasteiger partial charge in [-0.05, 0) is 47.2 Å². The van der Waals surface area contributed by atoms with Crippen molar-refractivity contribution in [3.63, 3.8) is 0 Å². The number of hydrogen-bond acceptors (Lipinski definition) is 1. The Morgan fingerprint density at radius 3 is 2.95 bits per heavy atom. The van der Waals surface area contributed by atoms with Crippen molar-refractivity contribution < 1.29 is 4.74 Å². The van der Waals surface area contributed by atoms with Gasteiger partial charge in [-0.25, -0.2) is 0 Å². The summed E-state index contributed by atoms with van der Waals surface area (Å²) in [5, 5.41) is 0. The van der Waals surface area contributed by atoms with Gasteiger partial charge in [0.05, 0.1) is 8.99 Å². The van der Waals surface area contributed by atoms with E-state index in [4.69, 9.17) is 4.74 Å². The molecule has 2 atom stereocenters. The number of hydrogen-bond donors (Lipinski definition) is 0. The highest BCUT2D eigenvalue weighted by atomic mass is 127. The van der Waals surface area contributed by atoms with Gasteiger partial charge in [-0.3, -0.25) is 0 Å². The third kappa shape index (κ3) is 1.41. The number of rotatable bonds is 0. The van der Waals surface area contributed by atoms with E-state index >= 15 is 0 Å². The van der Waals surface area contributed by atoms with E-state index in [9.17, 15) is 0 Å². The van der Waals surface area contributed by atoms with E-state index in [0.717, 1.165) is 11.5 Å². The zero-order chi connectivity index (χ0) is 13.0. The van der Waals surface area contributed by atoms with Crippen LogP contribution >= 0.6 is 22.6 Å². The first-order chi connectivity index (χ1) is 9.21. The normalized spacial score (nSPS) is 30.4. The summed E-state index contributed by atoms with van der Waals surface area (Å²) < 4.78 is 7.36. The second kappa shape index (κ2) is 3.85. The predicted octanol–water partition coefficient (Wildman–Crippen LogP) is 4.67. The maximum Gasteiger partial charge on any atom is 0.131 e. The van der Waals surface area contributed by atoms with Gasteiger partial charge in [0.2, 0.25) is 0 Å². The molecule has 0 N–H and O–H groups in total. The maximum absolute atomic E-state index is 6.14. The van der Waals surface area contributed by atoms with E-state index in [-0.39, 0.29) is 5.41 Å². The first-order valence-electron chi connectivity index (χ1n) is 6.45. The number of halogens is 1. The first-order valence-corrected chi connectivity index (χ1v) is 7.53. The molecule has 1 aromatic carbocycles. The van der Waals surface area contributed by atoms with Gasteiger partial charge in [-0.2, -0.15) is 0 Å². The second-order valence-corrected chi connectivity index (χ2v) is 6.51. The Morgan fingerprint density at radius 2 is 2.05 bits per heavy atom. The van der Waals surface area contributed by atoms with Gasteiger partial charge in [0, 0.05) is 11.5 Å². The molecule has 1 nitrogen and oxygen atoms in total. The SMILES string of the molecule is CC12C(=C(I)C=C3C=CC=CC31)Oc1ccccc12. The van der Waals surface area contributed by atoms with Crippen LogP contribution in [0.3, 0.4) is 0 Å². The van der Waals surface area contributed by atoms with Crippen LogP contribution in [0, 0.1) is 5.92 Å². The number of benzene rings is 1. The summed E-state index contributed by atoms with van der Waals surface area (Å²) in [6.07, 6.45) is 11.0. The van der Waals surface area contributed by atoms with Crippen molar-refractivity contribution in [2.75, 3.05) is 0 Å². The number of allylic oxidation sites excluding steroid dienone is 8. The summed E-state index contributed by atoms with van der Waals surface area (Å²) in [6.45, 7) is 2.30. The van der Waals surface area contributed by atoms with Crippen molar-refractivity contribution in [3.05, 3.63) is 75.1 Å². The summed E-state index contributed by atoms with van der Waals surface area (Å²) in [6, 6.07) is 8.40. The first kappa shape index (κ1) is 11.5. The van der Waals surface area contributed by atoms with Crippen molar-refractivity contribution in [3.8, 4) is 5.75 Å². The van der Waals surface area contributed by atoms with Gasteiger partial charge in [0.25, 0.3) is 0 Å². The molecule has 94 valence electrons.